The van der Waals surface area contributed by atoms with Crippen LogP contribution >= 0.6 is 0 Å². The quantitative estimate of drug-likeness (QED) is 0.183. The summed E-state index contributed by atoms with van der Waals surface area (Å²) in [5.74, 6) is 0.979. The van der Waals surface area contributed by atoms with E-state index in [1.165, 1.54) is 76.2 Å². The lowest BCUT2D eigenvalue weighted by Gasteiger charge is -2.06. The van der Waals surface area contributed by atoms with E-state index in [4.69, 9.17) is 9.47 Å². The van der Waals surface area contributed by atoms with Crippen molar-refractivity contribution in [1.29, 1.82) is 0 Å². The first-order valence-corrected chi connectivity index (χ1v) is 10.9. The average molecular weight is 359 g/mol. The molecule has 2 nitrogen and oxygen atoms in total. The van der Waals surface area contributed by atoms with Crippen LogP contribution in [0.15, 0.2) is 36.4 Å². The molecule has 0 aliphatic carbocycles. The summed E-state index contributed by atoms with van der Waals surface area (Å²) >= 11 is 0. The van der Waals surface area contributed by atoms with Crippen molar-refractivity contribution >= 4 is 0 Å². The van der Waals surface area contributed by atoms with Crippen LogP contribution < -0.4 is 4.74 Å². The molecule has 0 saturated carbocycles. The van der Waals surface area contributed by atoms with Crippen LogP contribution in [0.4, 0.5) is 0 Å². The van der Waals surface area contributed by atoms with Gasteiger partial charge in [0.25, 0.3) is 0 Å². The Morgan fingerprint density at radius 3 is 2.38 bits per heavy atom. The van der Waals surface area contributed by atoms with Crippen molar-refractivity contribution in [3.8, 4) is 5.75 Å². The third-order valence-corrected chi connectivity index (χ3v) is 4.96. The summed E-state index contributed by atoms with van der Waals surface area (Å²) in [7, 11) is 0. The first kappa shape index (κ1) is 21.0. The highest BCUT2D eigenvalue weighted by Crippen LogP contribution is 2.18. The Balaban J connectivity index is 1.43. The second-order valence-corrected chi connectivity index (χ2v) is 7.54. The molecule has 1 aliphatic rings. The molecule has 2 rings (SSSR count). The molecular formula is C24H38O2. The van der Waals surface area contributed by atoms with E-state index in [-0.39, 0.29) is 0 Å². The molecular weight excluding hydrogens is 320 g/mol. The Hall–Kier alpha value is -1.28. The van der Waals surface area contributed by atoms with Crippen molar-refractivity contribution in [2.75, 3.05) is 13.2 Å². The topological polar surface area (TPSA) is 21.8 Å². The van der Waals surface area contributed by atoms with Crippen LogP contribution in [0.25, 0.3) is 0 Å². The highest BCUT2D eigenvalue weighted by molar-refractivity contribution is 5.28. The van der Waals surface area contributed by atoms with E-state index in [2.05, 4.69) is 37.3 Å². The summed E-state index contributed by atoms with van der Waals surface area (Å²) < 4.78 is 10.9. The van der Waals surface area contributed by atoms with Crippen LogP contribution in [0.2, 0.25) is 0 Å². The maximum atomic E-state index is 5.75. The molecule has 1 aromatic carbocycles. The average Bonchev–Trinajstić information content (AvgIpc) is 3.49. The number of benzene rings is 1. The monoisotopic (exact) mass is 358 g/mol. The van der Waals surface area contributed by atoms with Gasteiger partial charge in [-0.3, -0.25) is 0 Å². The van der Waals surface area contributed by atoms with Crippen LogP contribution in [-0.2, 0) is 11.2 Å². The normalized spacial score (nSPS) is 16.3. The predicted octanol–water partition coefficient (Wildman–Crippen LogP) is 6.87. The van der Waals surface area contributed by atoms with Crippen molar-refractivity contribution in [1.82, 2.24) is 0 Å². The Morgan fingerprint density at radius 1 is 0.962 bits per heavy atom. The zero-order chi connectivity index (χ0) is 18.3. The number of hydrogen-bond donors (Lipinski definition) is 0. The largest absolute Gasteiger partial charge is 0.491 e. The van der Waals surface area contributed by atoms with Gasteiger partial charge in [0.1, 0.15) is 18.5 Å². The molecule has 2 heteroatoms. The molecule has 0 radical (unpaired) electrons. The van der Waals surface area contributed by atoms with E-state index in [0.717, 1.165) is 18.8 Å². The zero-order valence-electron chi connectivity index (χ0n) is 16.8. The molecule has 1 heterocycles. The Morgan fingerprint density at radius 2 is 1.65 bits per heavy atom. The van der Waals surface area contributed by atoms with Gasteiger partial charge in [-0.2, -0.15) is 0 Å². The molecule has 1 fully saturated rings. The van der Waals surface area contributed by atoms with E-state index < -0.39 is 0 Å². The minimum Gasteiger partial charge on any atom is -0.491 e. The van der Waals surface area contributed by atoms with Crippen LogP contribution in [0.3, 0.4) is 0 Å². The van der Waals surface area contributed by atoms with E-state index in [9.17, 15) is 0 Å². The van der Waals surface area contributed by atoms with Gasteiger partial charge in [-0.05, 0) is 56.2 Å². The van der Waals surface area contributed by atoms with Gasteiger partial charge in [0, 0.05) is 0 Å². The molecule has 1 atom stereocenters. The van der Waals surface area contributed by atoms with Gasteiger partial charge in [0.2, 0.25) is 0 Å². The van der Waals surface area contributed by atoms with Gasteiger partial charge in [-0.25, -0.2) is 0 Å². The number of rotatable bonds is 16. The molecule has 1 saturated heterocycles. The van der Waals surface area contributed by atoms with Crippen LogP contribution in [0.5, 0.6) is 5.75 Å². The minimum atomic E-state index is 0.325. The molecule has 26 heavy (non-hydrogen) atoms. The maximum Gasteiger partial charge on any atom is 0.119 e. The fraction of sp³-hybridized carbons (Fsp3) is 0.667. The summed E-state index contributed by atoms with van der Waals surface area (Å²) in [4.78, 5) is 0. The number of hydrogen-bond acceptors (Lipinski definition) is 2. The second kappa shape index (κ2) is 13.9. The molecule has 1 aromatic rings. The summed E-state index contributed by atoms with van der Waals surface area (Å²) in [5, 5.41) is 0. The van der Waals surface area contributed by atoms with Crippen LogP contribution in [0.1, 0.15) is 83.1 Å². The van der Waals surface area contributed by atoms with Crippen LogP contribution in [-0.4, -0.2) is 19.3 Å². The van der Waals surface area contributed by atoms with Crippen molar-refractivity contribution in [3.05, 3.63) is 42.0 Å². The predicted molar refractivity (Wildman–Crippen MR) is 111 cm³/mol. The highest BCUT2D eigenvalue weighted by atomic mass is 16.6. The van der Waals surface area contributed by atoms with Gasteiger partial charge < -0.3 is 9.47 Å². The third-order valence-electron chi connectivity index (χ3n) is 4.96. The first-order valence-electron chi connectivity index (χ1n) is 10.9. The summed E-state index contributed by atoms with van der Waals surface area (Å²) in [5.41, 5.74) is 1.38. The lowest BCUT2D eigenvalue weighted by molar-refractivity contribution is 0.263. The van der Waals surface area contributed by atoms with Gasteiger partial charge in [-0.1, -0.05) is 69.7 Å². The molecule has 1 unspecified atom stereocenters. The smallest absolute Gasteiger partial charge is 0.119 e. The van der Waals surface area contributed by atoms with Crippen LogP contribution in [0, 0.1) is 0 Å². The number of epoxide rings is 1. The SMILES string of the molecule is CCCCCCCCC/C=C/CCCCc1cccc(OCC2CO2)c1. The standard InChI is InChI=1S/C24H38O2/c1-2-3-4-5-6-7-8-9-10-11-12-13-14-16-22-17-15-18-23(19-22)25-20-24-21-26-24/h10-11,15,17-19,24H,2-9,12-14,16,20-21H2,1H3/b11-10+. The molecule has 0 N–H and O–H groups in total. The fourth-order valence-corrected chi connectivity index (χ4v) is 3.19. The van der Waals surface area contributed by atoms with Crippen molar-refractivity contribution in [2.45, 2.75) is 90.1 Å². The maximum absolute atomic E-state index is 5.75. The summed E-state index contributed by atoms with van der Waals surface area (Å²) in [6.45, 7) is 3.82. The van der Waals surface area contributed by atoms with E-state index in [1.54, 1.807) is 0 Å². The van der Waals surface area contributed by atoms with Gasteiger partial charge in [-0.15, -0.1) is 0 Å². The Labute approximate surface area is 161 Å². The minimum absolute atomic E-state index is 0.325. The van der Waals surface area contributed by atoms with Gasteiger partial charge in [0.15, 0.2) is 0 Å². The zero-order valence-corrected chi connectivity index (χ0v) is 16.8. The highest BCUT2D eigenvalue weighted by Gasteiger charge is 2.22. The lowest BCUT2D eigenvalue weighted by atomic mass is 10.1. The van der Waals surface area contributed by atoms with E-state index in [1.807, 2.05) is 6.07 Å². The molecule has 0 spiro atoms. The van der Waals surface area contributed by atoms with Crippen molar-refractivity contribution in [3.63, 3.8) is 0 Å². The molecule has 146 valence electrons. The first-order chi connectivity index (χ1) is 12.9. The van der Waals surface area contributed by atoms with Crippen molar-refractivity contribution < 1.29 is 9.47 Å². The molecule has 0 bridgehead atoms. The summed E-state index contributed by atoms with van der Waals surface area (Å²) in [6.07, 6.45) is 21.0. The molecule has 0 amide bonds. The second-order valence-electron chi connectivity index (χ2n) is 7.54. The number of unbranched alkanes of at least 4 members (excludes halogenated alkanes) is 9. The lowest BCUT2D eigenvalue weighted by Crippen LogP contribution is -2.04. The van der Waals surface area contributed by atoms with Gasteiger partial charge >= 0.3 is 0 Å². The molecule has 1 aliphatic heterocycles. The Kier molecular flexibility index (Phi) is 11.2. The number of aryl methyl sites for hydroxylation is 1. The van der Waals surface area contributed by atoms with E-state index in [0.29, 0.717) is 12.7 Å². The third kappa shape index (κ3) is 10.7. The molecule has 0 aromatic heterocycles. The van der Waals surface area contributed by atoms with E-state index >= 15 is 0 Å². The summed E-state index contributed by atoms with van der Waals surface area (Å²) in [6, 6.07) is 8.52. The van der Waals surface area contributed by atoms with Crippen molar-refractivity contribution in [2.24, 2.45) is 0 Å². The Bertz CT molecular complexity index is 491. The fourth-order valence-electron chi connectivity index (χ4n) is 3.19. The number of allylic oxidation sites excluding steroid dienone is 2. The number of ether oxygens (including phenoxy) is 2. The van der Waals surface area contributed by atoms with Gasteiger partial charge in [0.05, 0.1) is 6.61 Å².